The van der Waals surface area contributed by atoms with Crippen molar-refractivity contribution in [3.63, 3.8) is 0 Å². The predicted molar refractivity (Wildman–Crippen MR) is 202 cm³/mol. The zero-order valence-electron chi connectivity index (χ0n) is 30.8. The quantitative estimate of drug-likeness (QED) is 0.247. The minimum atomic E-state index is -4.28. The van der Waals surface area contributed by atoms with E-state index in [0.717, 1.165) is 38.5 Å². The molecule has 4 aromatic rings. The van der Waals surface area contributed by atoms with E-state index in [1.54, 1.807) is 47.1 Å². The van der Waals surface area contributed by atoms with Crippen molar-refractivity contribution in [1.82, 2.24) is 24.0 Å². The van der Waals surface area contributed by atoms with Gasteiger partial charge in [0.1, 0.15) is 11.5 Å². The summed E-state index contributed by atoms with van der Waals surface area (Å²) in [5, 5.41) is 6.10. The minimum Gasteiger partial charge on any atom is -0.378 e. The molecule has 288 valence electrons. The van der Waals surface area contributed by atoms with Gasteiger partial charge in [-0.25, -0.2) is 9.97 Å². The first-order valence-electron chi connectivity index (χ1n) is 18.4. The van der Waals surface area contributed by atoms with Crippen LogP contribution in [0.3, 0.4) is 0 Å². The van der Waals surface area contributed by atoms with E-state index in [1.165, 1.54) is 10.6 Å². The normalized spacial score (nSPS) is 20.2. The monoisotopic (exact) mass is 757 g/mol. The second kappa shape index (κ2) is 14.0. The molecule has 0 bridgehead atoms. The molecule has 2 atom stereocenters. The van der Waals surface area contributed by atoms with Crippen molar-refractivity contribution in [3.8, 4) is 11.3 Å². The van der Waals surface area contributed by atoms with Crippen LogP contribution in [-0.2, 0) is 36.0 Å². The van der Waals surface area contributed by atoms with Crippen molar-refractivity contribution in [2.45, 2.75) is 51.5 Å². The number of hydrogen-bond acceptors (Lipinski definition) is 9. The van der Waals surface area contributed by atoms with Crippen molar-refractivity contribution >= 4 is 40.5 Å². The van der Waals surface area contributed by atoms with E-state index >= 15 is 0 Å². The van der Waals surface area contributed by atoms with Crippen LogP contribution in [0.5, 0.6) is 0 Å². The topological polar surface area (TPSA) is 130 Å². The van der Waals surface area contributed by atoms with Crippen LogP contribution in [0.4, 0.5) is 41.9 Å². The van der Waals surface area contributed by atoms with E-state index in [9.17, 15) is 27.6 Å². The number of carbonyl (C=O) groups excluding carboxylic acids is 2. The first-order valence-corrected chi connectivity index (χ1v) is 18.4. The summed E-state index contributed by atoms with van der Waals surface area (Å²) in [5.74, 6) is -1.67. The number of nitrogens with one attached hydrogen (secondary N) is 2. The van der Waals surface area contributed by atoms with Gasteiger partial charge < -0.3 is 29.4 Å². The molecule has 3 aliphatic heterocycles. The Balaban J connectivity index is 1.06. The largest absolute Gasteiger partial charge is 0.392 e. The highest BCUT2D eigenvalue weighted by atomic mass is 19.4. The molecule has 0 saturated carbocycles. The number of aryl methyl sites for hydroxylation is 1. The number of carbonyl (C=O) groups is 2. The van der Waals surface area contributed by atoms with Crippen LogP contribution in [0.1, 0.15) is 34.2 Å². The number of aromatic nitrogens is 4. The van der Waals surface area contributed by atoms with E-state index in [-0.39, 0.29) is 48.6 Å². The molecule has 13 nitrogen and oxygen atoms in total. The van der Waals surface area contributed by atoms with Gasteiger partial charge in [0, 0.05) is 80.7 Å². The van der Waals surface area contributed by atoms with Gasteiger partial charge in [-0.3, -0.25) is 24.2 Å². The molecule has 0 radical (unpaired) electrons. The molecular weight excluding hydrogens is 715 g/mol. The zero-order valence-corrected chi connectivity index (χ0v) is 30.8. The van der Waals surface area contributed by atoms with Crippen LogP contribution in [-0.4, -0.2) is 93.5 Å². The summed E-state index contributed by atoms with van der Waals surface area (Å²) < 4.78 is 48.9. The minimum absolute atomic E-state index is 0.0507. The lowest BCUT2D eigenvalue weighted by Crippen LogP contribution is -2.59. The standard InChI is InChI=1S/C39H42F3N9O4/c1-5-34(52)45-29-17-26(6-7-31(29)49-11-10-48(18-22(49)2)27-20-55-21-27)44-35-38(54)47(4)19-30(46-35)28-8-9-43-36(23(28)3)51-13-12-50-32-16-25(39(40,41)42)14-24(32)15-33(50)37(51)53/h5-9,15,17,19,22,25,27H,1,10-14,16,18,20-21H2,2-4H3,(H,44,46)(H,45,52)/t22-,25?/m0/s1. The molecule has 6 heterocycles. The lowest BCUT2D eigenvalue weighted by Gasteiger charge is -2.46. The Hall–Kier alpha value is -5.48. The number of nitrogens with zero attached hydrogens (tertiary/aromatic N) is 7. The van der Waals surface area contributed by atoms with Crippen molar-refractivity contribution in [3.05, 3.63) is 88.2 Å². The average molecular weight is 758 g/mol. The molecule has 2 amide bonds. The average Bonchev–Trinajstić information content (AvgIpc) is 3.70. The Bertz CT molecular complexity index is 2260. The molecule has 2 N–H and O–H groups in total. The Morgan fingerprint density at radius 1 is 1.07 bits per heavy atom. The van der Waals surface area contributed by atoms with Gasteiger partial charge in [0.25, 0.3) is 11.5 Å². The summed E-state index contributed by atoms with van der Waals surface area (Å²) >= 11 is 0. The molecule has 1 unspecified atom stereocenters. The summed E-state index contributed by atoms with van der Waals surface area (Å²) in [6.07, 6.45) is -0.152. The van der Waals surface area contributed by atoms with Crippen LogP contribution < -0.4 is 26.0 Å². The summed E-state index contributed by atoms with van der Waals surface area (Å²) in [7, 11) is 1.62. The van der Waals surface area contributed by atoms with Crippen LogP contribution >= 0.6 is 0 Å². The maximum absolute atomic E-state index is 13.8. The number of alkyl halides is 3. The number of benzene rings is 1. The molecule has 1 aromatic carbocycles. The molecule has 0 spiro atoms. The van der Waals surface area contributed by atoms with E-state index < -0.39 is 12.1 Å². The Kier molecular flexibility index (Phi) is 9.28. The number of hydrogen-bond donors (Lipinski definition) is 2. The smallest absolute Gasteiger partial charge is 0.378 e. The van der Waals surface area contributed by atoms with Crippen molar-refractivity contribution < 1.29 is 27.5 Å². The second-order valence-corrected chi connectivity index (χ2v) is 14.7. The summed E-state index contributed by atoms with van der Waals surface area (Å²) in [6, 6.07) is 9.50. The SMILES string of the molecule is C=CC(=O)Nc1cc(Nc2nc(-c3ccnc(N4CCn5c(cc6c5CC(C(F)(F)F)C6)C4=O)c3C)cn(C)c2=O)ccc1N1CCN(C2COC2)C[C@@H]1C. The molecule has 16 heteroatoms. The van der Waals surface area contributed by atoms with Gasteiger partial charge in [0.15, 0.2) is 5.82 Å². The molecule has 4 aliphatic rings. The summed E-state index contributed by atoms with van der Waals surface area (Å²) in [6.45, 7) is 12.2. The second-order valence-electron chi connectivity index (χ2n) is 14.7. The molecule has 1 aliphatic carbocycles. The lowest BCUT2D eigenvalue weighted by atomic mass is 10.1. The van der Waals surface area contributed by atoms with E-state index in [4.69, 9.17) is 9.72 Å². The molecule has 3 aromatic heterocycles. The Morgan fingerprint density at radius 3 is 2.58 bits per heavy atom. The molecule has 8 rings (SSSR count). The highest BCUT2D eigenvalue weighted by Gasteiger charge is 2.46. The number of fused-ring (bicyclic) bond motifs is 3. The van der Waals surface area contributed by atoms with Crippen LogP contribution in [0.25, 0.3) is 11.3 Å². The van der Waals surface area contributed by atoms with Crippen molar-refractivity contribution in [2.24, 2.45) is 13.0 Å². The number of pyridine rings is 1. The fourth-order valence-corrected chi connectivity index (χ4v) is 8.23. The Labute approximate surface area is 315 Å². The number of halogens is 3. The van der Waals surface area contributed by atoms with E-state index in [0.29, 0.717) is 63.6 Å². The van der Waals surface area contributed by atoms with Crippen LogP contribution in [0.2, 0.25) is 0 Å². The Morgan fingerprint density at radius 2 is 1.87 bits per heavy atom. The lowest BCUT2D eigenvalue weighted by molar-refractivity contribution is -0.171. The number of anilines is 5. The van der Waals surface area contributed by atoms with Crippen LogP contribution in [0, 0.1) is 12.8 Å². The van der Waals surface area contributed by atoms with Gasteiger partial charge in [-0.15, -0.1) is 0 Å². The third-order valence-corrected chi connectivity index (χ3v) is 11.3. The first kappa shape index (κ1) is 36.5. The van der Waals surface area contributed by atoms with Gasteiger partial charge in [0.2, 0.25) is 5.91 Å². The third kappa shape index (κ3) is 6.66. The molecule has 2 saturated heterocycles. The highest BCUT2D eigenvalue weighted by molar-refractivity contribution is 6.06. The van der Waals surface area contributed by atoms with Gasteiger partial charge in [0.05, 0.1) is 42.2 Å². The fourth-order valence-electron chi connectivity index (χ4n) is 8.23. The fraction of sp³-hybridized carbons (Fsp3) is 0.410. The van der Waals surface area contributed by atoms with Crippen molar-refractivity contribution in [2.75, 3.05) is 59.8 Å². The van der Waals surface area contributed by atoms with E-state index in [1.807, 2.05) is 19.1 Å². The number of amides is 2. The maximum Gasteiger partial charge on any atom is 0.392 e. The van der Waals surface area contributed by atoms with Crippen molar-refractivity contribution in [1.29, 1.82) is 0 Å². The summed E-state index contributed by atoms with van der Waals surface area (Å²) in [4.78, 5) is 55.3. The first-order chi connectivity index (χ1) is 26.3. The van der Waals surface area contributed by atoms with Gasteiger partial charge in [-0.05, 0) is 68.7 Å². The maximum atomic E-state index is 13.8. The third-order valence-electron chi connectivity index (χ3n) is 11.3. The summed E-state index contributed by atoms with van der Waals surface area (Å²) in [5.41, 5.74) is 4.81. The van der Waals surface area contributed by atoms with Gasteiger partial charge >= 0.3 is 6.18 Å². The zero-order chi connectivity index (χ0) is 38.8. The van der Waals surface area contributed by atoms with E-state index in [2.05, 4.69) is 38.9 Å². The van der Waals surface area contributed by atoms with Crippen LogP contribution in [0.15, 0.2) is 60.2 Å². The number of ether oxygens (including phenoxy) is 1. The van der Waals surface area contributed by atoms with Gasteiger partial charge in [-0.2, -0.15) is 13.2 Å². The number of piperazine rings is 1. The predicted octanol–water partition coefficient (Wildman–Crippen LogP) is 4.67. The molecule has 2 fully saturated rings. The molecule has 55 heavy (non-hydrogen) atoms. The highest BCUT2D eigenvalue weighted by Crippen LogP contribution is 2.41. The molecular formula is C39H42F3N9O4. The number of rotatable bonds is 8. The van der Waals surface area contributed by atoms with Gasteiger partial charge in [-0.1, -0.05) is 6.58 Å².